The Morgan fingerprint density at radius 3 is 1.60 bits per heavy atom. The maximum Gasteiger partial charge on any atom is 0 e. The third-order valence-corrected chi connectivity index (χ3v) is 8.29. The van der Waals surface area contributed by atoms with Crippen LogP contribution in [-0.2, 0) is 42.7 Å². The van der Waals surface area contributed by atoms with E-state index in [2.05, 4.69) is 12.2 Å². The van der Waals surface area contributed by atoms with Crippen LogP contribution < -0.4 is 9.79 Å². The summed E-state index contributed by atoms with van der Waals surface area (Å²) in [5.74, 6) is 1.33. The van der Waals surface area contributed by atoms with E-state index in [-0.39, 0.29) is 20.4 Å². The Hall–Kier alpha value is 1.71. The molecule has 2 nitrogen and oxygen atoms in total. The summed E-state index contributed by atoms with van der Waals surface area (Å²) in [6.45, 7) is 3.70. The van der Waals surface area contributed by atoms with E-state index in [4.69, 9.17) is 0 Å². The van der Waals surface area contributed by atoms with Crippen molar-refractivity contribution in [3.63, 3.8) is 0 Å². The molecule has 0 aliphatic heterocycles. The third-order valence-electron chi connectivity index (χ3n) is 0.983. The first kappa shape index (κ1) is 14.2. The molecule has 0 bridgehead atoms. The van der Waals surface area contributed by atoms with Gasteiger partial charge in [-0.2, -0.15) is 0 Å². The summed E-state index contributed by atoms with van der Waals surface area (Å²) in [6, 6.07) is 0. The Morgan fingerprint density at radius 1 is 1.30 bits per heavy atom. The zero-order chi connectivity index (χ0) is 7.49. The molecule has 0 rings (SSSR count). The van der Waals surface area contributed by atoms with Gasteiger partial charge in [0.1, 0.15) is 0 Å². The first-order chi connectivity index (χ1) is 4.02. The van der Waals surface area contributed by atoms with Gasteiger partial charge in [0, 0.05) is 20.4 Å². The van der Waals surface area contributed by atoms with Gasteiger partial charge >= 0.3 is 0 Å². The molecule has 0 aromatic carbocycles. The van der Waals surface area contributed by atoms with Crippen molar-refractivity contribution in [2.45, 2.75) is 13.8 Å². The SMILES string of the molecule is CCS(CC)=P([O-])([O-])[S-].[Pd]. The van der Waals surface area contributed by atoms with Crippen molar-refractivity contribution in [3.05, 3.63) is 0 Å². The van der Waals surface area contributed by atoms with Crippen molar-refractivity contribution in [2.75, 3.05) is 11.5 Å². The average Bonchev–Trinajstić information content (AvgIpc) is 1.65. The summed E-state index contributed by atoms with van der Waals surface area (Å²) in [6.07, 6.45) is 0. The molecule has 0 heterocycles. The molecule has 6 heteroatoms. The second-order valence-electron chi connectivity index (χ2n) is 1.49. The summed E-state index contributed by atoms with van der Waals surface area (Å²) < 4.78 is 0. The van der Waals surface area contributed by atoms with Crippen LogP contribution in [0, 0.1) is 0 Å². The molecule has 0 aliphatic rings. The van der Waals surface area contributed by atoms with Crippen LogP contribution in [0.15, 0.2) is 0 Å². The van der Waals surface area contributed by atoms with E-state index in [1.807, 2.05) is 13.8 Å². The van der Waals surface area contributed by atoms with E-state index >= 15 is 0 Å². The first-order valence-electron chi connectivity index (χ1n) is 2.72. The number of rotatable bonds is 2. The fourth-order valence-corrected chi connectivity index (χ4v) is 5.36. The molecule has 0 unspecified atom stereocenters. The summed E-state index contributed by atoms with van der Waals surface area (Å²) in [4.78, 5) is 21.3. The molecule has 0 fully saturated rings. The van der Waals surface area contributed by atoms with E-state index < -0.39 is 15.8 Å². The fraction of sp³-hybridized carbons (Fsp3) is 1.00. The number of hydrogen-bond donors (Lipinski definition) is 0. The van der Waals surface area contributed by atoms with Crippen LogP contribution in [0.3, 0.4) is 0 Å². The topological polar surface area (TPSA) is 46.1 Å². The second-order valence-corrected chi connectivity index (χ2v) is 9.59. The molecule has 0 aromatic heterocycles. The minimum Gasteiger partial charge on any atom is -0.854 e. The molecule has 0 radical (unpaired) electrons. The van der Waals surface area contributed by atoms with Crippen molar-refractivity contribution in [1.82, 2.24) is 0 Å². The maximum atomic E-state index is 10.6. The van der Waals surface area contributed by atoms with Crippen LogP contribution in [0.25, 0.3) is 0 Å². The molecule has 0 amide bonds. The second kappa shape index (κ2) is 6.25. The van der Waals surface area contributed by atoms with Crippen molar-refractivity contribution in [1.29, 1.82) is 0 Å². The minimum atomic E-state index is -3.41. The van der Waals surface area contributed by atoms with Gasteiger partial charge in [0.2, 0.25) is 0 Å². The molecule has 0 aliphatic carbocycles. The van der Waals surface area contributed by atoms with Crippen LogP contribution in [0.5, 0.6) is 0 Å². The zero-order valence-corrected chi connectivity index (χ0v) is 9.89. The molecule has 0 saturated heterocycles. The van der Waals surface area contributed by atoms with Crippen molar-refractivity contribution in [2.24, 2.45) is 0 Å². The van der Waals surface area contributed by atoms with E-state index in [9.17, 15) is 9.79 Å². The summed E-state index contributed by atoms with van der Waals surface area (Å²) in [5, 5.41) is 0. The van der Waals surface area contributed by atoms with Crippen molar-refractivity contribution < 1.29 is 30.2 Å². The van der Waals surface area contributed by atoms with Gasteiger partial charge in [-0.15, -0.1) is 0 Å². The summed E-state index contributed by atoms with van der Waals surface area (Å²) >= 11 is 4.32. The molecule has 0 spiro atoms. The molecule has 0 atom stereocenters. The Labute approximate surface area is 83.3 Å². The van der Waals surface area contributed by atoms with Crippen LogP contribution in [-0.4, -0.2) is 11.5 Å². The molecular formula is C4H10O2PPdS2-3. The van der Waals surface area contributed by atoms with Gasteiger partial charge < -0.3 is 27.7 Å². The molecule has 0 saturated carbocycles. The van der Waals surface area contributed by atoms with Crippen LogP contribution in [0.4, 0.5) is 0 Å². The molecule has 0 aromatic rings. The van der Waals surface area contributed by atoms with Crippen LogP contribution in [0.2, 0.25) is 0 Å². The van der Waals surface area contributed by atoms with Gasteiger partial charge in [0.15, 0.2) is 0 Å². The summed E-state index contributed by atoms with van der Waals surface area (Å²) in [7, 11) is -0.541. The first-order valence-corrected chi connectivity index (χ1v) is 7.53. The van der Waals surface area contributed by atoms with Crippen molar-refractivity contribution in [3.8, 4) is 0 Å². The normalized spacial score (nSPS) is 11.4. The predicted octanol–water partition coefficient (Wildman–Crippen LogP) is -0.413. The Kier molecular flexibility index (Phi) is 8.91. The summed E-state index contributed by atoms with van der Waals surface area (Å²) in [5.41, 5.74) is -3.41. The molecule has 10 heavy (non-hydrogen) atoms. The van der Waals surface area contributed by atoms with Gasteiger partial charge in [0.05, 0.1) is 0 Å². The van der Waals surface area contributed by atoms with Gasteiger partial charge in [-0.05, 0) is 11.5 Å². The predicted molar refractivity (Wildman–Crippen MR) is 42.7 cm³/mol. The fourth-order valence-electron chi connectivity index (χ4n) is 0.520. The quantitative estimate of drug-likeness (QED) is 0.395. The van der Waals surface area contributed by atoms with Crippen LogP contribution >= 0.6 is 5.69 Å². The Balaban J connectivity index is 0. The van der Waals surface area contributed by atoms with Crippen LogP contribution in [0.1, 0.15) is 13.8 Å². The Morgan fingerprint density at radius 2 is 1.60 bits per heavy atom. The van der Waals surface area contributed by atoms with Gasteiger partial charge in [-0.3, -0.25) is 0 Å². The van der Waals surface area contributed by atoms with E-state index in [0.717, 1.165) is 0 Å². The van der Waals surface area contributed by atoms with E-state index in [1.54, 1.807) is 0 Å². The smallest absolute Gasteiger partial charge is 0 e. The van der Waals surface area contributed by atoms with Gasteiger partial charge in [-0.25, -0.2) is 10.1 Å². The number of hydrogen-bond acceptors (Lipinski definition) is 3. The molecule has 0 N–H and O–H groups in total. The third kappa shape index (κ3) is 5.37. The minimum absolute atomic E-state index is 0. The zero-order valence-electron chi connectivity index (χ0n) is 5.81. The standard InChI is InChI=1S/C4H10O2PS2.Pd/c1-3-9(4-2)7(5,6)8;/h3-4H2,1-2H3;/q-3;. The van der Waals surface area contributed by atoms with Crippen molar-refractivity contribution >= 4 is 28.0 Å². The van der Waals surface area contributed by atoms with E-state index in [1.165, 1.54) is 0 Å². The van der Waals surface area contributed by atoms with Gasteiger partial charge in [0.25, 0.3) is 0 Å². The van der Waals surface area contributed by atoms with E-state index in [0.29, 0.717) is 11.5 Å². The molecular weight excluding hydrogens is 282 g/mol. The van der Waals surface area contributed by atoms with Gasteiger partial charge in [-0.1, -0.05) is 13.8 Å². The Bertz CT molecular complexity index is 130. The monoisotopic (exact) mass is 291 g/mol. The maximum absolute atomic E-state index is 10.6. The largest absolute Gasteiger partial charge is 0.854 e. The average molecular weight is 292 g/mol. The molecule has 68 valence electrons.